The first-order valence-electron chi connectivity index (χ1n) is 3.50. The predicted molar refractivity (Wildman–Crippen MR) is 52.0 cm³/mol. The summed E-state index contributed by atoms with van der Waals surface area (Å²) < 4.78 is 0.801. The summed E-state index contributed by atoms with van der Waals surface area (Å²) in [5.41, 5.74) is 0.235. The summed E-state index contributed by atoms with van der Waals surface area (Å²) in [6.07, 6.45) is 0. The van der Waals surface area contributed by atoms with Crippen molar-refractivity contribution in [2.24, 2.45) is 0 Å². The van der Waals surface area contributed by atoms with Gasteiger partial charge in [0, 0.05) is 11.3 Å². The normalized spacial score (nSPS) is 10.6. The fourth-order valence-corrected chi connectivity index (χ4v) is 2.97. The van der Waals surface area contributed by atoms with Gasteiger partial charge in [-0.2, -0.15) is 0 Å². The molecule has 0 bridgehead atoms. The van der Waals surface area contributed by atoms with Crippen LogP contribution in [0.15, 0.2) is 15.7 Å². The van der Waals surface area contributed by atoms with Crippen molar-refractivity contribution in [3.63, 3.8) is 0 Å². The van der Waals surface area contributed by atoms with E-state index in [0.717, 1.165) is 4.21 Å². The van der Waals surface area contributed by atoms with Crippen LogP contribution < -0.4 is 0 Å². The molecular formula is C7H9NO2S2. The van der Waals surface area contributed by atoms with E-state index in [1.807, 2.05) is 13.8 Å². The first-order chi connectivity index (χ1) is 5.61. The van der Waals surface area contributed by atoms with Crippen molar-refractivity contribution in [2.75, 3.05) is 0 Å². The molecule has 66 valence electrons. The maximum Gasteiger partial charge on any atom is 0.293 e. The fraction of sp³-hybridized carbons (Fsp3) is 0.429. The molecule has 0 amide bonds. The molecule has 0 fully saturated rings. The van der Waals surface area contributed by atoms with Gasteiger partial charge in [-0.3, -0.25) is 10.1 Å². The predicted octanol–water partition coefficient (Wildman–Crippen LogP) is 3.16. The number of nitrogens with zero attached hydrogens (tertiary/aromatic N) is 1. The number of thiophene rings is 1. The van der Waals surface area contributed by atoms with Crippen LogP contribution in [0.3, 0.4) is 0 Å². The molecule has 0 saturated heterocycles. The van der Waals surface area contributed by atoms with Crippen molar-refractivity contribution in [2.45, 2.75) is 23.3 Å². The summed E-state index contributed by atoms with van der Waals surface area (Å²) in [5.74, 6) is 0. The van der Waals surface area contributed by atoms with Crippen molar-refractivity contribution < 1.29 is 4.92 Å². The second-order valence-electron chi connectivity index (χ2n) is 2.52. The largest absolute Gasteiger partial charge is 0.293 e. The van der Waals surface area contributed by atoms with E-state index in [9.17, 15) is 10.1 Å². The van der Waals surface area contributed by atoms with Crippen LogP contribution >= 0.6 is 23.1 Å². The van der Waals surface area contributed by atoms with Gasteiger partial charge in [-0.1, -0.05) is 13.8 Å². The molecule has 0 radical (unpaired) electrons. The second-order valence-corrected chi connectivity index (χ2v) is 5.28. The summed E-state index contributed by atoms with van der Waals surface area (Å²) >= 11 is 2.96. The van der Waals surface area contributed by atoms with E-state index in [-0.39, 0.29) is 10.6 Å². The van der Waals surface area contributed by atoms with E-state index >= 15 is 0 Å². The van der Waals surface area contributed by atoms with Crippen LogP contribution in [0.4, 0.5) is 5.69 Å². The number of nitro groups is 1. The highest BCUT2D eigenvalue weighted by Gasteiger charge is 2.15. The van der Waals surface area contributed by atoms with Crippen molar-refractivity contribution in [3.05, 3.63) is 21.6 Å². The highest BCUT2D eigenvalue weighted by Crippen LogP contribution is 2.36. The lowest BCUT2D eigenvalue weighted by molar-refractivity contribution is -0.387. The van der Waals surface area contributed by atoms with Gasteiger partial charge >= 0.3 is 0 Å². The zero-order chi connectivity index (χ0) is 9.14. The summed E-state index contributed by atoms with van der Waals surface area (Å²) in [6.45, 7) is 4.04. The Bertz CT molecular complexity index is 283. The van der Waals surface area contributed by atoms with E-state index in [1.165, 1.54) is 23.1 Å². The summed E-state index contributed by atoms with van der Waals surface area (Å²) in [4.78, 5) is 10.1. The van der Waals surface area contributed by atoms with Crippen LogP contribution in [-0.2, 0) is 0 Å². The average Bonchev–Trinajstić information content (AvgIpc) is 2.33. The molecule has 0 aliphatic rings. The Labute approximate surface area is 78.9 Å². The Hall–Kier alpha value is -0.550. The Morgan fingerprint density at radius 2 is 2.33 bits per heavy atom. The lowest BCUT2D eigenvalue weighted by Gasteiger charge is -1.99. The van der Waals surface area contributed by atoms with Gasteiger partial charge in [-0.05, 0) is 5.38 Å². The second kappa shape index (κ2) is 3.91. The van der Waals surface area contributed by atoms with Crippen LogP contribution in [-0.4, -0.2) is 10.2 Å². The molecule has 0 saturated carbocycles. The van der Waals surface area contributed by atoms with Crippen molar-refractivity contribution in [1.82, 2.24) is 0 Å². The molecule has 0 N–H and O–H groups in total. The molecule has 1 aromatic rings. The van der Waals surface area contributed by atoms with Crippen LogP contribution in [0.2, 0.25) is 0 Å². The molecule has 0 aromatic carbocycles. The van der Waals surface area contributed by atoms with Gasteiger partial charge in [-0.25, -0.2) is 0 Å². The quantitative estimate of drug-likeness (QED) is 0.430. The molecule has 0 atom stereocenters. The minimum absolute atomic E-state index is 0.235. The third kappa shape index (κ3) is 2.22. The van der Waals surface area contributed by atoms with E-state index in [1.54, 1.807) is 11.4 Å². The van der Waals surface area contributed by atoms with Crippen molar-refractivity contribution >= 4 is 28.8 Å². The van der Waals surface area contributed by atoms with E-state index < -0.39 is 0 Å². The Kier molecular flexibility index (Phi) is 3.11. The maximum atomic E-state index is 10.5. The topological polar surface area (TPSA) is 43.1 Å². The summed E-state index contributed by atoms with van der Waals surface area (Å²) in [6, 6.07) is 1.55. The standard InChI is InChI=1S/C7H9NO2S2/c1-5(2)12-7-6(8(9)10)3-4-11-7/h3-5H,1-2H3. The molecule has 0 spiro atoms. The van der Waals surface area contributed by atoms with Gasteiger partial charge in [0.2, 0.25) is 0 Å². The molecule has 3 nitrogen and oxygen atoms in total. The average molecular weight is 203 g/mol. The minimum Gasteiger partial charge on any atom is -0.258 e. The summed E-state index contributed by atoms with van der Waals surface area (Å²) in [7, 11) is 0. The molecule has 5 heteroatoms. The van der Waals surface area contributed by atoms with Crippen LogP contribution in [0, 0.1) is 10.1 Å². The number of hydrogen-bond donors (Lipinski definition) is 0. The van der Waals surface area contributed by atoms with Crippen LogP contribution in [0.1, 0.15) is 13.8 Å². The molecule has 0 unspecified atom stereocenters. The number of hydrogen-bond acceptors (Lipinski definition) is 4. The molecule has 1 heterocycles. The van der Waals surface area contributed by atoms with Gasteiger partial charge in [0.25, 0.3) is 5.69 Å². The highest BCUT2D eigenvalue weighted by atomic mass is 32.2. The Morgan fingerprint density at radius 1 is 1.67 bits per heavy atom. The lowest BCUT2D eigenvalue weighted by Crippen LogP contribution is -1.89. The van der Waals surface area contributed by atoms with E-state index in [0.29, 0.717) is 5.25 Å². The van der Waals surface area contributed by atoms with Gasteiger partial charge in [0.15, 0.2) is 0 Å². The Morgan fingerprint density at radius 3 is 2.83 bits per heavy atom. The van der Waals surface area contributed by atoms with Crippen molar-refractivity contribution in [3.8, 4) is 0 Å². The van der Waals surface area contributed by atoms with Gasteiger partial charge < -0.3 is 0 Å². The first-order valence-corrected chi connectivity index (χ1v) is 5.25. The van der Waals surface area contributed by atoms with E-state index in [2.05, 4.69) is 0 Å². The SMILES string of the molecule is CC(C)Sc1sccc1[N+](=O)[O-]. The van der Waals surface area contributed by atoms with Gasteiger partial charge in [0.05, 0.1) is 4.92 Å². The molecule has 0 aliphatic heterocycles. The number of rotatable bonds is 3. The monoisotopic (exact) mass is 203 g/mol. The summed E-state index contributed by atoms with van der Waals surface area (Å²) in [5, 5.41) is 12.6. The zero-order valence-electron chi connectivity index (χ0n) is 6.81. The lowest BCUT2D eigenvalue weighted by atomic mass is 10.5. The minimum atomic E-state index is -0.332. The molecular weight excluding hydrogens is 194 g/mol. The molecule has 12 heavy (non-hydrogen) atoms. The molecule has 1 aromatic heterocycles. The fourth-order valence-electron chi connectivity index (χ4n) is 0.726. The third-order valence-electron chi connectivity index (χ3n) is 1.15. The van der Waals surface area contributed by atoms with Crippen LogP contribution in [0.25, 0.3) is 0 Å². The zero-order valence-corrected chi connectivity index (χ0v) is 8.45. The van der Waals surface area contributed by atoms with E-state index in [4.69, 9.17) is 0 Å². The van der Waals surface area contributed by atoms with Crippen molar-refractivity contribution in [1.29, 1.82) is 0 Å². The van der Waals surface area contributed by atoms with Gasteiger partial charge in [-0.15, -0.1) is 23.1 Å². The number of thioether (sulfide) groups is 1. The van der Waals surface area contributed by atoms with Gasteiger partial charge in [0.1, 0.15) is 4.21 Å². The third-order valence-corrected chi connectivity index (χ3v) is 3.32. The first kappa shape index (κ1) is 9.54. The maximum absolute atomic E-state index is 10.5. The molecule has 1 rings (SSSR count). The smallest absolute Gasteiger partial charge is 0.258 e. The Balaban J connectivity index is 2.84. The molecule has 0 aliphatic carbocycles. The highest BCUT2D eigenvalue weighted by molar-refractivity contribution is 8.01. The van der Waals surface area contributed by atoms with Crippen LogP contribution in [0.5, 0.6) is 0 Å².